The lowest BCUT2D eigenvalue weighted by molar-refractivity contribution is -0.138. The summed E-state index contributed by atoms with van der Waals surface area (Å²) in [6.45, 7) is 1.71. The summed E-state index contributed by atoms with van der Waals surface area (Å²) in [5.74, 6) is 2.65. The van der Waals surface area contributed by atoms with E-state index < -0.39 is 0 Å². The number of benzene rings is 1. The molecule has 160 valence electrons. The van der Waals surface area contributed by atoms with Crippen molar-refractivity contribution in [2.24, 2.45) is 5.92 Å². The second-order valence-electron chi connectivity index (χ2n) is 8.01. The number of amides is 1. The third kappa shape index (κ3) is 3.97. The number of hydrogen-bond donors (Lipinski definition) is 0. The van der Waals surface area contributed by atoms with E-state index >= 15 is 0 Å². The summed E-state index contributed by atoms with van der Waals surface area (Å²) in [7, 11) is 1.64. The highest BCUT2D eigenvalue weighted by Gasteiger charge is 2.34. The van der Waals surface area contributed by atoms with Crippen molar-refractivity contribution >= 4 is 5.91 Å². The Bertz CT molecular complexity index is 1070. The Morgan fingerprint density at radius 3 is 3.06 bits per heavy atom. The van der Waals surface area contributed by atoms with Gasteiger partial charge in [-0.15, -0.1) is 0 Å². The first-order valence-electron chi connectivity index (χ1n) is 10.5. The summed E-state index contributed by atoms with van der Waals surface area (Å²) in [6.07, 6.45) is 5.89. The number of carbonyl (C=O) groups excluding carboxylic acids is 1. The van der Waals surface area contributed by atoms with E-state index in [0.717, 1.165) is 42.0 Å². The molecule has 2 atom stereocenters. The Morgan fingerprint density at radius 1 is 1.29 bits per heavy atom. The fourth-order valence-corrected chi connectivity index (χ4v) is 4.31. The summed E-state index contributed by atoms with van der Waals surface area (Å²) in [6, 6.07) is 9.47. The molecule has 0 bridgehead atoms. The second-order valence-corrected chi connectivity index (χ2v) is 8.01. The largest absolute Gasteiger partial charge is 0.497 e. The number of likely N-dealkylation sites (tertiary alicyclic amines) is 1. The van der Waals surface area contributed by atoms with Gasteiger partial charge in [-0.25, -0.2) is 0 Å². The Labute approximate surface area is 180 Å². The van der Waals surface area contributed by atoms with E-state index in [1.807, 2.05) is 35.2 Å². The summed E-state index contributed by atoms with van der Waals surface area (Å²) >= 11 is 0. The molecule has 0 saturated carbocycles. The first-order chi connectivity index (χ1) is 15.2. The van der Waals surface area contributed by atoms with Gasteiger partial charge in [0, 0.05) is 31.0 Å². The molecule has 2 aliphatic heterocycles. The van der Waals surface area contributed by atoms with Gasteiger partial charge in [0.05, 0.1) is 18.9 Å². The third-order valence-electron chi connectivity index (χ3n) is 5.97. The van der Waals surface area contributed by atoms with Crippen LogP contribution in [0.25, 0.3) is 11.4 Å². The average Bonchev–Trinajstić information content (AvgIpc) is 3.34. The molecular formula is C23H24N4O4. The van der Waals surface area contributed by atoms with Crippen molar-refractivity contribution in [2.75, 3.05) is 26.8 Å². The van der Waals surface area contributed by atoms with Crippen LogP contribution < -0.4 is 9.47 Å². The Hall–Kier alpha value is -3.42. The average molecular weight is 420 g/mol. The van der Waals surface area contributed by atoms with E-state index in [4.69, 9.17) is 14.0 Å². The van der Waals surface area contributed by atoms with Crippen LogP contribution in [0.3, 0.4) is 0 Å². The molecule has 1 fully saturated rings. The SMILES string of the molecule is COc1ccc2c(c1)C[C@@H](C(=O)N1CCC[C@@H](c3nc(-c4cccnc4)no3)C1)CO2. The van der Waals surface area contributed by atoms with Crippen LogP contribution in [0.2, 0.25) is 0 Å². The maximum absolute atomic E-state index is 13.3. The summed E-state index contributed by atoms with van der Waals surface area (Å²) in [5.41, 5.74) is 1.82. The topological polar surface area (TPSA) is 90.6 Å². The van der Waals surface area contributed by atoms with Crippen LogP contribution in [0.4, 0.5) is 0 Å². The molecule has 31 heavy (non-hydrogen) atoms. The van der Waals surface area contributed by atoms with Crippen molar-refractivity contribution in [3.8, 4) is 22.9 Å². The lowest BCUT2D eigenvalue weighted by Gasteiger charge is -2.35. The molecule has 1 amide bonds. The molecule has 2 aromatic heterocycles. The van der Waals surface area contributed by atoms with Crippen molar-refractivity contribution in [3.05, 3.63) is 54.2 Å². The molecular weight excluding hydrogens is 396 g/mol. The summed E-state index contributed by atoms with van der Waals surface area (Å²) < 4.78 is 16.7. The predicted molar refractivity (Wildman–Crippen MR) is 112 cm³/mol. The molecule has 1 saturated heterocycles. The molecule has 0 aliphatic carbocycles. The van der Waals surface area contributed by atoms with Gasteiger partial charge in [0.25, 0.3) is 0 Å². The minimum absolute atomic E-state index is 0.0347. The standard InChI is InChI=1S/C23H24N4O4/c1-29-19-6-7-20-17(11-19)10-18(14-30-20)23(28)27-9-3-5-16(13-27)22-25-21(26-31-22)15-4-2-8-24-12-15/h2,4,6-8,11-12,16,18H,3,5,9-10,13-14H2,1H3/t16-,18-/m1/s1. The van der Waals surface area contributed by atoms with Gasteiger partial charge in [0.2, 0.25) is 17.6 Å². The maximum atomic E-state index is 13.3. The van der Waals surface area contributed by atoms with Crippen molar-refractivity contribution in [2.45, 2.75) is 25.2 Å². The molecule has 0 radical (unpaired) electrons. The lowest BCUT2D eigenvalue weighted by atomic mass is 9.92. The molecule has 0 N–H and O–H groups in total. The molecule has 2 aliphatic rings. The van der Waals surface area contributed by atoms with Crippen LogP contribution in [-0.4, -0.2) is 52.7 Å². The van der Waals surface area contributed by atoms with Crippen LogP contribution in [0.5, 0.6) is 11.5 Å². The highest BCUT2D eigenvalue weighted by Crippen LogP contribution is 2.33. The first kappa shape index (κ1) is 19.5. The zero-order chi connectivity index (χ0) is 21.2. The molecule has 8 heteroatoms. The zero-order valence-electron chi connectivity index (χ0n) is 17.4. The lowest BCUT2D eigenvalue weighted by Crippen LogP contribution is -2.45. The third-order valence-corrected chi connectivity index (χ3v) is 5.97. The quantitative estimate of drug-likeness (QED) is 0.641. The van der Waals surface area contributed by atoms with E-state index in [1.54, 1.807) is 19.5 Å². The highest BCUT2D eigenvalue weighted by atomic mass is 16.5. The van der Waals surface area contributed by atoms with Crippen LogP contribution in [-0.2, 0) is 11.2 Å². The minimum Gasteiger partial charge on any atom is -0.497 e. The number of nitrogens with zero attached hydrogens (tertiary/aromatic N) is 4. The number of rotatable bonds is 4. The smallest absolute Gasteiger partial charge is 0.231 e. The number of aromatic nitrogens is 3. The Morgan fingerprint density at radius 2 is 2.23 bits per heavy atom. The number of ether oxygens (including phenoxy) is 2. The number of methoxy groups -OCH3 is 1. The summed E-state index contributed by atoms with van der Waals surface area (Å²) in [4.78, 5) is 23.8. The van der Waals surface area contributed by atoms with Crippen LogP contribution in [0.1, 0.15) is 30.2 Å². The molecule has 1 aromatic carbocycles. The number of piperidine rings is 1. The normalized spacial score (nSPS) is 20.6. The second kappa shape index (κ2) is 8.37. The fourth-order valence-electron chi connectivity index (χ4n) is 4.31. The molecule has 0 unspecified atom stereocenters. The summed E-state index contributed by atoms with van der Waals surface area (Å²) in [5, 5.41) is 4.10. The van der Waals surface area contributed by atoms with Crippen molar-refractivity contribution in [3.63, 3.8) is 0 Å². The van der Waals surface area contributed by atoms with Crippen LogP contribution in [0, 0.1) is 5.92 Å². The number of carbonyl (C=O) groups is 1. The van der Waals surface area contributed by atoms with E-state index in [-0.39, 0.29) is 17.7 Å². The van der Waals surface area contributed by atoms with E-state index in [9.17, 15) is 4.79 Å². The van der Waals surface area contributed by atoms with Gasteiger partial charge in [-0.1, -0.05) is 5.16 Å². The maximum Gasteiger partial charge on any atom is 0.231 e. The monoisotopic (exact) mass is 420 g/mol. The van der Waals surface area contributed by atoms with E-state index in [0.29, 0.717) is 31.3 Å². The zero-order valence-corrected chi connectivity index (χ0v) is 17.4. The van der Waals surface area contributed by atoms with Gasteiger partial charge in [-0.05, 0) is 55.2 Å². The number of fused-ring (bicyclic) bond motifs is 1. The molecule has 0 spiro atoms. The number of hydrogen-bond acceptors (Lipinski definition) is 7. The molecule has 5 rings (SSSR count). The van der Waals surface area contributed by atoms with Crippen LogP contribution >= 0.6 is 0 Å². The highest BCUT2D eigenvalue weighted by molar-refractivity contribution is 5.80. The Balaban J connectivity index is 1.27. The van der Waals surface area contributed by atoms with Crippen molar-refractivity contribution < 1.29 is 18.8 Å². The fraction of sp³-hybridized carbons (Fsp3) is 0.391. The predicted octanol–water partition coefficient (Wildman–Crippen LogP) is 3.10. The molecule has 4 heterocycles. The first-order valence-corrected chi connectivity index (χ1v) is 10.5. The molecule has 8 nitrogen and oxygen atoms in total. The Kier molecular flexibility index (Phi) is 5.28. The van der Waals surface area contributed by atoms with Gasteiger partial charge in [-0.3, -0.25) is 9.78 Å². The molecule has 3 aromatic rings. The van der Waals surface area contributed by atoms with Crippen molar-refractivity contribution in [1.29, 1.82) is 0 Å². The van der Waals surface area contributed by atoms with Crippen molar-refractivity contribution in [1.82, 2.24) is 20.0 Å². The van der Waals surface area contributed by atoms with Gasteiger partial charge in [-0.2, -0.15) is 4.98 Å². The van der Waals surface area contributed by atoms with Gasteiger partial charge in [0.1, 0.15) is 18.1 Å². The van der Waals surface area contributed by atoms with Gasteiger partial charge < -0.3 is 18.9 Å². The van der Waals surface area contributed by atoms with E-state index in [2.05, 4.69) is 15.1 Å². The van der Waals surface area contributed by atoms with Crippen LogP contribution in [0.15, 0.2) is 47.2 Å². The van der Waals surface area contributed by atoms with Gasteiger partial charge in [0.15, 0.2) is 0 Å². The van der Waals surface area contributed by atoms with E-state index in [1.165, 1.54) is 0 Å². The van der Waals surface area contributed by atoms with Gasteiger partial charge >= 0.3 is 0 Å². The minimum atomic E-state index is -0.202. The number of pyridine rings is 1.